The number of rotatable bonds is 2. The van der Waals surface area contributed by atoms with E-state index in [2.05, 4.69) is 0 Å². The van der Waals surface area contributed by atoms with Crippen molar-refractivity contribution < 1.29 is 18.0 Å². The molecule has 0 bridgehead atoms. The molecule has 1 fully saturated rings. The lowest BCUT2D eigenvalue weighted by atomic mass is 9.97. The van der Waals surface area contributed by atoms with Crippen LogP contribution in [-0.4, -0.2) is 36.6 Å². The lowest BCUT2D eigenvalue weighted by molar-refractivity contribution is -0.162. The van der Waals surface area contributed by atoms with Gasteiger partial charge in [-0.3, -0.25) is 4.79 Å². The molecular formula is C9H15F3N2O. The third-order valence-corrected chi connectivity index (χ3v) is 2.65. The van der Waals surface area contributed by atoms with E-state index in [-0.39, 0.29) is 0 Å². The first kappa shape index (κ1) is 12.3. The number of carbonyl (C=O) groups excluding carboxylic acids is 1. The topological polar surface area (TPSA) is 46.3 Å². The standard InChI is InChI=1S/C9H15F3N2O/c10-9(11,12)5-8(15)14-3-1-7(6-13)2-4-14/h7H,1-6,13H2. The Bertz CT molecular complexity index is 222. The molecule has 3 nitrogen and oxygen atoms in total. The number of amides is 1. The summed E-state index contributed by atoms with van der Waals surface area (Å²) >= 11 is 0. The number of likely N-dealkylation sites (tertiary alicyclic amines) is 1. The van der Waals surface area contributed by atoms with Crippen LogP contribution in [0.5, 0.6) is 0 Å². The van der Waals surface area contributed by atoms with E-state index in [0.29, 0.717) is 38.4 Å². The lowest BCUT2D eigenvalue weighted by Crippen LogP contribution is -2.41. The summed E-state index contributed by atoms with van der Waals surface area (Å²) < 4.78 is 35.8. The highest BCUT2D eigenvalue weighted by Crippen LogP contribution is 2.23. The van der Waals surface area contributed by atoms with Crippen LogP contribution in [0.15, 0.2) is 0 Å². The van der Waals surface area contributed by atoms with Gasteiger partial charge in [0.05, 0.1) is 0 Å². The van der Waals surface area contributed by atoms with E-state index in [1.54, 1.807) is 0 Å². The summed E-state index contributed by atoms with van der Waals surface area (Å²) in [4.78, 5) is 12.5. The van der Waals surface area contributed by atoms with Gasteiger partial charge in [0.15, 0.2) is 0 Å². The van der Waals surface area contributed by atoms with Crippen molar-refractivity contribution in [1.82, 2.24) is 4.90 Å². The van der Waals surface area contributed by atoms with Crippen LogP contribution in [0.1, 0.15) is 19.3 Å². The Labute approximate surface area is 86.4 Å². The quantitative estimate of drug-likeness (QED) is 0.764. The van der Waals surface area contributed by atoms with Gasteiger partial charge in [0.2, 0.25) is 5.91 Å². The molecule has 2 N–H and O–H groups in total. The Balaban J connectivity index is 2.37. The Hall–Kier alpha value is -0.780. The average Bonchev–Trinajstić information content (AvgIpc) is 2.15. The SMILES string of the molecule is NCC1CCN(C(=O)CC(F)(F)F)CC1. The number of carbonyl (C=O) groups is 1. The van der Waals surface area contributed by atoms with Crippen molar-refractivity contribution in [3.8, 4) is 0 Å². The second-order valence-electron chi connectivity index (χ2n) is 3.85. The molecule has 1 heterocycles. The second-order valence-corrected chi connectivity index (χ2v) is 3.85. The number of hydrogen-bond acceptors (Lipinski definition) is 2. The first-order valence-electron chi connectivity index (χ1n) is 4.97. The van der Waals surface area contributed by atoms with Crippen LogP contribution in [0.4, 0.5) is 13.2 Å². The highest BCUT2D eigenvalue weighted by atomic mass is 19.4. The first-order chi connectivity index (χ1) is 6.92. The summed E-state index contributed by atoms with van der Waals surface area (Å²) in [7, 11) is 0. The third-order valence-electron chi connectivity index (χ3n) is 2.65. The smallest absolute Gasteiger partial charge is 0.342 e. The number of nitrogens with two attached hydrogens (primary N) is 1. The first-order valence-corrected chi connectivity index (χ1v) is 4.97. The molecule has 1 aliphatic rings. The molecule has 0 atom stereocenters. The van der Waals surface area contributed by atoms with Gasteiger partial charge in [-0.05, 0) is 25.3 Å². The average molecular weight is 224 g/mol. The van der Waals surface area contributed by atoms with Crippen LogP contribution in [0.3, 0.4) is 0 Å². The maximum absolute atomic E-state index is 11.9. The Kier molecular flexibility index (Phi) is 3.96. The van der Waals surface area contributed by atoms with Crippen LogP contribution < -0.4 is 5.73 Å². The van der Waals surface area contributed by atoms with E-state index in [4.69, 9.17) is 5.73 Å². The summed E-state index contributed by atoms with van der Waals surface area (Å²) in [5.74, 6) is -0.474. The van der Waals surface area contributed by atoms with Crippen molar-refractivity contribution in [2.75, 3.05) is 19.6 Å². The molecule has 0 radical (unpaired) electrons. The second kappa shape index (κ2) is 4.83. The molecule has 0 aromatic rings. The Morgan fingerprint density at radius 3 is 2.27 bits per heavy atom. The van der Waals surface area contributed by atoms with Gasteiger partial charge < -0.3 is 10.6 Å². The van der Waals surface area contributed by atoms with Gasteiger partial charge >= 0.3 is 6.18 Å². The number of halogens is 3. The van der Waals surface area contributed by atoms with Crippen molar-refractivity contribution in [3.05, 3.63) is 0 Å². The minimum Gasteiger partial charge on any atom is -0.342 e. The number of piperidine rings is 1. The normalized spacial score (nSPS) is 19.3. The molecule has 15 heavy (non-hydrogen) atoms. The summed E-state index contributed by atoms with van der Waals surface area (Å²) in [5.41, 5.74) is 5.44. The summed E-state index contributed by atoms with van der Waals surface area (Å²) in [6.45, 7) is 1.34. The zero-order chi connectivity index (χ0) is 11.5. The maximum Gasteiger partial charge on any atom is 0.397 e. The molecule has 1 aliphatic heterocycles. The molecule has 88 valence electrons. The van der Waals surface area contributed by atoms with Crippen molar-refractivity contribution in [3.63, 3.8) is 0 Å². The zero-order valence-electron chi connectivity index (χ0n) is 8.39. The van der Waals surface area contributed by atoms with Crippen LogP contribution in [0.2, 0.25) is 0 Å². The fourth-order valence-corrected chi connectivity index (χ4v) is 1.70. The minimum absolute atomic E-state index is 0.347. The molecule has 6 heteroatoms. The number of alkyl halides is 3. The lowest BCUT2D eigenvalue weighted by Gasteiger charge is -2.31. The van der Waals surface area contributed by atoms with E-state index in [9.17, 15) is 18.0 Å². The van der Waals surface area contributed by atoms with Gasteiger partial charge in [-0.2, -0.15) is 13.2 Å². The summed E-state index contributed by atoms with van der Waals surface area (Å²) in [6.07, 6.45) is -4.33. The molecule has 0 saturated carbocycles. The molecule has 0 aromatic carbocycles. The van der Waals surface area contributed by atoms with E-state index >= 15 is 0 Å². The van der Waals surface area contributed by atoms with Crippen LogP contribution in [0, 0.1) is 5.92 Å². The predicted molar refractivity (Wildman–Crippen MR) is 49.0 cm³/mol. The molecular weight excluding hydrogens is 209 g/mol. The molecule has 0 aromatic heterocycles. The third kappa shape index (κ3) is 4.07. The molecule has 1 amide bonds. The van der Waals surface area contributed by atoms with Crippen molar-refractivity contribution in [2.24, 2.45) is 11.7 Å². The van der Waals surface area contributed by atoms with E-state index in [1.807, 2.05) is 0 Å². The van der Waals surface area contributed by atoms with Gasteiger partial charge in [-0.1, -0.05) is 0 Å². The van der Waals surface area contributed by atoms with Crippen molar-refractivity contribution in [2.45, 2.75) is 25.4 Å². The summed E-state index contributed by atoms with van der Waals surface area (Å²) in [5, 5.41) is 0. The van der Waals surface area contributed by atoms with E-state index in [0.717, 1.165) is 0 Å². The Morgan fingerprint density at radius 2 is 1.87 bits per heavy atom. The van der Waals surface area contributed by atoms with Crippen molar-refractivity contribution in [1.29, 1.82) is 0 Å². The molecule has 0 unspecified atom stereocenters. The van der Waals surface area contributed by atoms with E-state index in [1.165, 1.54) is 4.90 Å². The molecule has 1 saturated heterocycles. The molecule has 1 rings (SSSR count). The largest absolute Gasteiger partial charge is 0.397 e. The highest BCUT2D eigenvalue weighted by molar-refractivity contribution is 5.76. The van der Waals surface area contributed by atoms with Gasteiger partial charge in [0.25, 0.3) is 0 Å². The predicted octanol–water partition coefficient (Wildman–Crippen LogP) is 1.14. The van der Waals surface area contributed by atoms with Gasteiger partial charge in [-0.15, -0.1) is 0 Å². The highest BCUT2D eigenvalue weighted by Gasteiger charge is 2.34. The summed E-state index contributed by atoms with van der Waals surface area (Å²) in [6, 6.07) is 0. The maximum atomic E-state index is 11.9. The molecule has 0 aliphatic carbocycles. The monoisotopic (exact) mass is 224 g/mol. The van der Waals surface area contributed by atoms with Crippen LogP contribution in [0.25, 0.3) is 0 Å². The van der Waals surface area contributed by atoms with Gasteiger partial charge in [0.1, 0.15) is 6.42 Å². The minimum atomic E-state index is -4.40. The van der Waals surface area contributed by atoms with Gasteiger partial charge in [-0.25, -0.2) is 0 Å². The molecule has 0 spiro atoms. The fourth-order valence-electron chi connectivity index (χ4n) is 1.70. The van der Waals surface area contributed by atoms with Crippen LogP contribution in [-0.2, 0) is 4.79 Å². The van der Waals surface area contributed by atoms with Gasteiger partial charge in [0, 0.05) is 13.1 Å². The zero-order valence-corrected chi connectivity index (χ0v) is 8.39. The number of nitrogens with zero attached hydrogens (tertiary/aromatic N) is 1. The van der Waals surface area contributed by atoms with Crippen molar-refractivity contribution >= 4 is 5.91 Å². The van der Waals surface area contributed by atoms with E-state index < -0.39 is 18.5 Å². The van der Waals surface area contributed by atoms with Crippen LogP contribution >= 0.6 is 0 Å². The number of hydrogen-bond donors (Lipinski definition) is 1. The fraction of sp³-hybridized carbons (Fsp3) is 0.889. The Morgan fingerprint density at radius 1 is 1.33 bits per heavy atom.